The van der Waals surface area contributed by atoms with Crippen molar-refractivity contribution in [2.45, 2.75) is 39.5 Å². The summed E-state index contributed by atoms with van der Waals surface area (Å²) in [6, 6.07) is 5.54. The SMILES string of the molecule is CCCn1ncnc1COc1cc(OC)ccc1[C@H](C)N. The molecule has 2 N–H and O–H groups in total. The Morgan fingerprint density at radius 3 is 2.86 bits per heavy atom. The zero-order chi connectivity index (χ0) is 15.2. The third-order valence-electron chi connectivity index (χ3n) is 3.20. The molecule has 21 heavy (non-hydrogen) atoms. The average Bonchev–Trinajstić information content (AvgIpc) is 2.92. The van der Waals surface area contributed by atoms with Crippen LogP contribution in [-0.2, 0) is 13.2 Å². The maximum absolute atomic E-state index is 5.98. The van der Waals surface area contributed by atoms with Crippen molar-refractivity contribution in [1.29, 1.82) is 0 Å². The van der Waals surface area contributed by atoms with E-state index in [4.69, 9.17) is 15.2 Å². The summed E-state index contributed by atoms with van der Waals surface area (Å²) in [5.41, 5.74) is 6.92. The van der Waals surface area contributed by atoms with Crippen LogP contribution in [0.15, 0.2) is 24.5 Å². The smallest absolute Gasteiger partial charge is 0.164 e. The summed E-state index contributed by atoms with van der Waals surface area (Å²) in [4.78, 5) is 4.23. The molecule has 2 aromatic rings. The minimum atomic E-state index is -0.112. The van der Waals surface area contributed by atoms with E-state index in [1.165, 1.54) is 0 Å². The van der Waals surface area contributed by atoms with Gasteiger partial charge in [-0.3, -0.25) is 0 Å². The predicted octanol–water partition coefficient (Wildman–Crippen LogP) is 2.30. The van der Waals surface area contributed by atoms with Crippen LogP contribution in [0, 0.1) is 0 Å². The monoisotopic (exact) mass is 290 g/mol. The third-order valence-corrected chi connectivity index (χ3v) is 3.20. The molecule has 0 fully saturated rings. The number of methoxy groups -OCH3 is 1. The minimum absolute atomic E-state index is 0.112. The van der Waals surface area contributed by atoms with E-state index in [0.29, 0.717) is 6.61 Å². The molecule has 114 valence electrons. The van der Waals surface area contributed by atoms with Crippen LogP contribution in [0.4, 0.5) is 0 Å². The van der Waals surface area contributed by atoms with E-state index in [2.05, 4.69) is 17.0 Å². The van der Waals surface area contributed by atoms with Crippen molar-refractivity contribution in [2.75, 3.05) is 7.11 Å². The van der Waals surface area contributed by atoms with Gasteiger partial charge in [-0.25, -0.2) is 9.67 Å². The fourth-order valence-corrected chi connectivity index (χ4v) is 2.08. The Bertz CT molecular complexity index is 581. The zero-order valence-electron chi connectivity index (χ0n) is 12.7. The molecule has 0 radical (unpaired) electrons. The van der Waals surface area contributed by atoms with Crippen molar-refractivity contribution in [3.05, 3.63) is 35.9 Å². The highest BCUT2D eigenvalue weighted by Crippen LogP contribution is 2.29. The number of nitrogens with zero attached hydrogens (tertiary/aromatic N) is 3. The molecule has 0 saturated heterocycles. The lowest BCUT2D eigenvalue weighted by Gasteiger charge is -2.15. The van der Waals surface area contributed by atoms with E-state index in [1.807, 2.05) is 29.8 Å². The number of aromatic nitrogens is 3. The standard InChI is InChI=1S/C15H22N4O2/c1-4-7-19-15(17-10-18-19)9-21-14-8-12(20-3)5-6-13(14)11(2)16/h5-6,8,10-11H,4,7,9,16H2,1-3H3/t11-/m0/s1. The van der Waals surface area contributed by atoms with Gasteiger partial charge in [0, 0.05) is 24.2 Å². The number of ether oxygens (including phenoxy) is 2. The predicted molar refractivity (Wildman–Crippen MR) is 80.2 cm³/mol. The second-order valence-electron chi connectivity index (χ2n) is 4.88. The number of nitrogens with two attached hydrogens (primary N) is 1. The molecule has 2 rings (SSSR count). The van der Waals surface area contributed by atoms with Crippen LogP contribution in [0.25, 0.3) is 0 Å². The van der Waals surface area contributed by atoms with Gasteiger partial charge in [-0.2, -0.15) is 5.10 Å². The normalized spacial score (nSPS) is 12.2. The first-order valence-electron chi connectivity index (χ1n) is 7.08. The molecule has 0 saturated carbocycles. The molecule has 1 aromatic carbocycles. The Kier molecular flexibility index (Phi) is 5.16. The quantitative estimate of drug-likeness (QED) is 0.846. The van der Waals surface area contributed by atoms with Gasteiger partial charge in [0.1, 0.15) is 24.4 Å². The average molecular weight is 290 g/mol. The summed E-state index contributed by atoms with van der Waals surface area (Å²) in [5, 5.41) is 4.19. The molecular weight excluding hydrogens is 268 g/mol. The van der Waals surface area contributed by atoms with Crippen molar-refractivity contribution in [2.24, 2.45) is 5.73 Å². The molecule has 1 heterocycles. The fraction of sp³-hybridized carbons (Fsp3) is 0.467. The molecule has 1 aromatic heterocycles. The number of hydrogen-bond acceptors (Lipinski definition) is 5. The molecule has 0 aliphatic carbocycles. The molecule has 0 amide bonds. The maximum atomic E-state index is 5.98. The van der Waals surface area contributed by atoms with Gasteiger partial charge in [-0.05, 0) is 19.4 Å². The Hall–Kier alpha value is -2.08. The van der Waals surface area contributed by atoms with Crippen LogP contribution >= 0.6 is 0 Å². The Morgan fingerprint density at radius 2 is 2.19 bits per heavy atom. The molecule has 6 nitrogen and oxygen atoms in total. The summed E-state index contributed by atoms with van der Waals surface area (Å²) < 4.78 is 13.0. The van der Waals surface area contributed by atoms with Gasteiger partial charge in [-0.1, -0.05) is 13.0 Å². The van der Waals surface area contributed by atoms with Gasteiger partial charge in [0.15, 0.2) is 5.82 Å². The Morgan fingerprint density at radius 1 is 1.38 bits per heavy atom. The van der Waals surface area contributed by atoms with Crippen molar-refractivity contribution in [3.63, 3.8) is 0 Å². The van der Waals surface area contributed by atoms with Gasteiger partial charge in [0.25, 0.3) is 0 Å². The Balaban J connectivity index is 2.16. The van der Waals surface area contributed by atoms with Crippen LogP contribution in [0.1, 0.15) is 37.7 Å². The summed E-state index contributed by atoms with van der Waals surface area (Å²) in [5.74, 6) is 2.26. The minimum Gasteiger partial charge on any atom is -0.497 e. The van der Waals surface area contributed by atoms with Crippen molar-refractivity contribution in [1.82, 2.24) is 14.8 Å². The van der Waals surface area contributed by atoms with E-state index in [-0.39, 0.29) is 6.04 Å². The molecule has 0 aliphatic rings. The fourth-order valence-electron chi connectivity index (χ4n) is 2.08. The summed E-state index contributed by atoms with van der Waals surface area (Å²) in [6.07, 6.45) is 2.55. The van der Waals surface area contributed by atoms with Crippen molar-refractivity contribution in [3.8, 4) is 11.5 Å². The van der Waals surface area contributed by atoms with Crippen molar-refractivity contribution < 1.29 is 9.47 Å². The third kappa shape index (κ3) is 3.72. The van der Waals surface area contributed by atoms with Crippen molar-refractivity contribution >= 4 is 0 Å². The van der Waals surface area contributed by atoms with Crippen LogP contribution < -0.4 is 15.2 Å². The molecule has 0 unspecified atom stereocenters. The number of hydrogen-bond donors (Lipinski definition) is 1. The highest BCUT2D eigenvalue weighted by molar-refractivity contribution is 5.42. The van der Waals surface area contributed by atoms with E-state index in [9.17, 15) is 0 Å². The van der Waals surface area contributed by atoms with E-state index < -0.39 is 0 Å². The van der Waals surface area contributed by atoms with Gasteiger partial charge >= 0.3 is 0 Å². The highest BCUT2D eigenvalue weighted by Gasteiger charge is 2.11. The number of benzene rings is 1. The summed E-state index contributed by atoms with van der Waals surface area (Å²) >= 11 is 0. The molecule has 0 spiro atoms. The lowest BCUT2D eigenvalue weighted by atomic mass is 10.1. The first-order chi connectivity index (χ1) is 10.2. The van der Waals surface area contributed by atoms with Crippen LogP contribution in [-0.4, -0.2) is 21.9 Å². The lowest BCUT2D eigenvalue weighted by molar-refractivity contribution is 0.280. The molecule has 6 heteroatoms. The second kappa shape index (κ2) is 7.08. The van der Waals surface area contributed by atoms with E-state index >= 15 is 0 Å². The maximum Gasteiger partial charge on any atom is 0.164 e. The summed E-state index contributed by atoms with van der Waals surface area (Å²) in [7, 11) is 1.63. The van der Waals surface area contributed by atoms with Crippen LogP contribution in [0.2, 0.25) is 0 Å². The number of rotatable bonds is 7. The molecule has 0 bridgehead atoms. The van der Waals surface area contributed by atoms with Gasteiger partial charge < -0.3 is 15.2 Å². The molecular formula is C15H22N4O2. The van der Waals surface area contributed by atoms with E-state index in [1.54, 1.807) is 13.4 Å². The van der Waals surface area contributed by atoms with Gasteiger partial charge in [0.05, 0.1) is 7.11 Å². The van der Waals surface area contributed by atoms with Crippen LogP contribution in [0.3, 0.4) is 0 Å². The number of aryl methyl sites for hydroxylation is 1. The second-order valence-corrected chi connectivity index (χ2v) is 4.88. The van der Waals surface area contributed by atoms with E-state index in [0.717, 1.165) is 35.9 Å². The lowest BCUT2D eigenvalue weighted by Crippen LogP contribution is -2.11. The molecule has 1 atom stereocenters. The zero-order valence-corrected chi connectivity index (χ0v) is 12.7. The molecule has 0 aliphatic heterocycles. The first kappa shape index (κ1) is 15.3. The van der Waals surface area contributed by atoms with Crippen LogP contribution in [0.5, 0.6) is 11.5 Å². The van der Waals surface area contributed by atoms with Gasteiger partial charge in [-0.15, -0.1) is 0 Å². The largest absolute Gasteiger partial charge is 0.497 e. The Labute approximate surface area is 124 Å². The highest BCUT2D eigenvalue weighted by atomic mass is 16.5. The summed E-state index contributed by atoms with van der Waals surface area (Å²) in [6.45, 7) is 5.21. The van der Waals surface area contributed by atoms with Gasteiger partial charge in [0.2, 0.25) is 0 Å². The topological polar surface area (TPSA) is 75.2 Å². The first-order valence-corrected chi connectivity index (χ1v) is 7.08.